The zero-order valence-corrected chi connectivity index (χ0v) is 13.7. The van der Waals surface area contributed by atoms with Gasteiger partial charge >= 0.3 is 12.2 Å². The maximum absolute atomic E-state index is 13.0. The zero-order chi connectivity index (χ0) is 18.4. The summed E-state index contributed by atoms with van der Waals surface area (Å²) in [6.45, 7) is 1.80. The summed E-state index contributed by atoms with van der Waals surface area (Å²) in [5, 5.41) is 2.82. The van der Waals surface area contributed by atoms with Crippen molar-refractivity contribution in [2.45, 2.75) is 13.1 Å². The average molecular weight is 371 g/mol. The van der Waals surface area contributed by atoms with E-state index in [-0.39, 0.29) is 5.69 Å². The predicted octanol–water partition coefficient (Wildman–Crippen LogP) is 4.57. The Morgan fingerprint density at radius 2 is 1.60 bits per heavy atom. The van der Waals surface area contributed by atoms with Crippen molar-refractivity contribution >= 4 is 34.8 Å². The third-order valence-electron chi connectivity index (χ3n) is 2.94. The first-order chi connectivity index (χ1) is 11.7. The number of aryl methyl sites for hydroxylation is 1. The smallest absolute Gasteiger partial charge is 0.307 e. The monoisotopic (exact) mass is 370 g/mol. The van der Waals surface area contributed by atoms with Crippen LogP contribution in [-0.4, -0.2) is 18.0 Å². The lowest BCUT2D eigenvalue weighted by Crippen LogP contribution is -2.49. The summed E-state index contributed by atoms with van der Waals surface area (Å²) in [7, 11) is 0. The maximum Gasteiger partial charge on any atom is 0.450 e. The lowest BCUT2D eigenvalue weighted by molar-refractivity contribution is -0.0621. The van der Waals surface area contributed by atoms with Gasteiger partial charge in [-0.05, 0) is 43.3 Å². The van der Waals surface area contributed by atoms with Gasteiger partial charge in [-0.2, -0.15) is 13.2 Å². The van der Waals surface area contributed by atoms with Crippen molar-refractivity contribution in [1.29, 1.82) is 0 Å². The average Bonchev–Trinajstić information content (AvgIpc) is 2.54. The van der Waals surface area contributed by atoms with Crippen LogP contribution in [0.25, 0.3) is 0 Å². The van der Waals surface area contributed by atoms with Crippen molar-refractivity contribution in [2.75, 3.05) is 5.32 Å². The summed E-state index contributed by atoms with van der Waals surface area (Å²) in [4.78, 5) is 15.2. The number of rotatable bonds is 2. The molecule has 5 nitrogen and oxygen atoms in total. The SMILES string of the molecule is Cc1ccc(N=C(NNC(=O)Nc2ccc(Cl)cc2)C(F)(F)F)cc1. The van der Waals surface area contributed by atoms with E-state index in [1.165, 1.54) is 36.4 Å². The van der Waals surface area contributed by atoms with Gasteiger partial charge in [0.15, 0.2) is 0 Å². The number of hydrogen-bond acceptors (Lipinski definition) is 2. The standard InChI is InChI=1S/C16H14ClF3N4O/c1-10-2-6-12(7-3-10)21-14(16(18,19)20)23-24-15(25)22-13-8-4-11(17)5-9-13/h2-9H,1H3,(H,21,23)(H2,22,24,25). The molecule has 2 aromatic rings. The van der Waals surface area contributed by atoms with Crippen molar-refractivity contribution < 1.29 is 18.0 Å². The van der Waals surface area contributed by atoms with Crippen molar-refractivity contribution in [3.8, 4) is 0 Å². The summed E-state index contributed by atoms with van der Waals surface area (Å²) in [5.41, 5.74) is 5.05. The number of aliphatic imine (C=N–C) groups is 1. The fourth-order valence-electron chi connectivity index (χ4n) is 1.72. The molecule has 0 saturated heterocycles. The van der Waals surface area contributed by atoms with Gasteiger partial charge in [-0.25, -0.2) is 9.79 Å². The molecule has 3 N–H and O–H groups in total. The Morgan fingerprint density at radius 1 is 1.00 bits per heavy atom. The van der Waals surface area contributed by atoms with Gasteiger partial charge in [-0.1, -0.05) is 29.3 Å². The maximum atomic E-state index is 13.0. The second kappa shape index (κ2) is 7.89. The predicted molar refractivity (Wildman–Crippen MR) is 91.1 cm³/mol. The molecule has 0 unspecified atom stereocenters. The number of urea groups is 1. The Bertz CT molecular complexity index is 758. The number of alkyl halides is 3. The van der Waals surface area contributed by atoms with Gasteiger partial charge in [0.05, 0.1) is 5.69 Å². The number of carbonyl (C=O) groups is 1. The molecule has 0 spiro atoms. The van der Waals surface area contributed by atoms with Crippen LogP contribution in [0.15, 0.2) is 53.5 Å². The second-order valence-corrected chi connectivity index (χ2v) is 5.44. The Labute approximate surface area is 146 Å². The zero-order valence-electron chi connectivity index (χ0n) is 13.0. The molecule has 2 rings (SSSR count). The van der Waals surface area contributed by atoms with E-state index < -0.39 is 18.0 Å². The van der Waals surface area contributed by atoms with Crippen LogP contribution in [0, 0.1) is 6.92 Å². The second-order valence-electron chi connectivity index (χ2n) is 5.00. The van der Waals surface area contributed by atoms with Crippen LogP contribution in [0.1, 0.15) is 5.56 Å². The van der Waals surface area contributed by atoms with Crippen LogP contribution in [0.4, 0.5) is 29.3 Å². The van der Waals surface area contributed by atoms with Crippen LogP contribution in [-0.2, 0) is 0 Å². The summed E-state index contributed by atoms with van der Waals surface area (Å²) in [5.74, 6) is -1.34. The molecule has 2 amide bonds. The Kier molecular flexibility index (Phi) is 5.87. The molecule has 0 fully saturated rings. The first kappa shape index (κ1) is 18.6. The van der Waals surface area contributed by atoms with E-state index in [1.54, 1.807) is 24.5 Å². The van der Waals surface area contributed by atoms with Crippen LogP contribution in [0.3, 0.4) is 0 Å². The number of hydrazine groups is 1. The summed E-state index contributed by atoms with van der Waals surface area (Å²) < 4.78 is 39.1. The summed E-state index contributed by atoms with van der Waals surface area (Å²) >= 11 is 5.71. The fraction of sp³-hybridized carbons (Fsp3) is 0.125. The number of carbonyl (C=O) groups excluding carboxylic acids is 1. The van der Waals surface area contributed by atoms with E-state index in [1.807, 2.05) is 5.43 Å². The van der Waals surface area contributed by atoms with Crippen molar-refractivity contribution in [2.24, 2.45) is 4.99 Å². The molecule has 0 radical (unpaired) electrons. The number of amides is 2. The number of nitrogens with one attached hydrogen (secondary N) is 3. The fourth-order valence-corrected chi connectivity index (χ4v) is 1.85. The highest BCUT2D eigenvalue weighted by Gasteiger charge is 2.36. The Balaban J connectivity index is 2.03. The van der Waals surface area contributed by atoms with E-state index in [0.29, 0.717) is 10.7 Å². The number of hydrogen-bond donors (Lipinski definition) is 3. The highest BCUT2D eigenvalue weighted by molar-refractivity contribution is 6.30. The van der Waals surface area contributed by atoms with Crippen LogP contribution in [0.2, 0.25) is 5.02 Å². The number of halogens is 4. The molecule has 0 aromatic heterocycles. The minimum absolute atomic E-state index is 0.102. The normalized spacial score (nSPS) is 11.8. The molecule has 0 aliphatic rings. The summed E-state index contributed by atoms with van der Waals surface area (Å²) in [6.07, 6.45) is -4.77. The van der Waals surface area contributed by atoms with Crippen LogP contribution >= 0.6 is 11.6 Å². The van der Waals surface area contributed by atoms with Gasteiger partial charge < -0.3 is 5.32 Å². The van der Waals surface area contributed by atoms with E-state index >= 15 is 0 Å². The number of anilines is 1. The van der Waals surface area contributed by atoms with Gasteiger partial charge in [0.25, 0.3) is 0 Å². The van der Waals surface area contributed by atoms with Gasteiger partial charge in [0.2, 0.25) is 5.84 Å². The van der Waals surface area contributed by atoms with Crippen molar-refractivity contribution in [3.05, 3.63) is 59.1 Å². The third-order valence-corrected chi connectivity index (χ3v) is 3.19. The number of benzene rings is 2. The Hall–Kier alpha value is -2.74. The minimum Gasteiger partial charge on any atom is -0.307 e. The van der Waals surface area contributed by atoms with E-state index in [2.05, 4.69) is 10.3 Å². The summed E-state index contributed by atoms with van der Waals surface area (Å²) in [6, 6.07) is 11.3. The van der Waals surface area contributed by atoms with E-state index in [9.17, 15) is 18.0 Å². The Morgan fingerprint density at radius 3 is 2.16 bits per heavy atom. The molecule has 0 aliphatic carbocycles. The molecule has 0 heterocycles. The molecule has 0 atom stereocenters. The lowest BCUT2D eigenvalue weighted by Gasteiger charge is -2.14. The number of amidine groups is 1. The lowest BCUT2D eigenvalue weighted by atomic mass is 10.2. The van der Waals surface area contributed by atoms with E-state index in [0.717, 1.165) is 5.56 Å². The quantitative estimate of drug-likeness (QED) is 0.412. The highest BCUT2D eigenvalue weighted by Crippen LogP contribution is 2.20. The van der Waals surface area contributed by atoms with E-state index in [4.69, 9.17) is 11.6 Å². The van der Waals surface area contributed by atoms with Crippen LogP contribution in [0.5, 0.6) is 0 Å². The molecule has 0 bridgehead atoms. The topological polar surface area (TPSA) is 65.5 Å². The molecule has 0 saturated carbocycles. The first-order valence-corrected chi connectivity index (χ1v) is 7.43. The van der Waals surface area contributed by atoms with Crippen molar-refractivity contribution in [3.63, 3.8) is 0 Å². The van der Waals surface area contributed by atoms with Gasteiger partial charge in [0.1, 0.15) is 0 Å². The van der Waals surface area contributed by atoms with Gasteiger partial charge in [-0.3, -0.25) is 10.9 Å². The molecule has 25 heavy (non-hydrogen) atoms. The molecule has 0 aliphatic heterocycles. The van der Waals surface area contributed by atoms with Gasteiger partial charge in [-0.15, -0.1) is 0 Å². The van der Waals surface area contributed by atoms with Crippen LogP contribution < -0.4 is 16.2 Å². The first-order valence-electron chi connectivity index (χ1n) is 7.05. The minimum atomic E-state index is -4.77. The van der Waals surface area contributed by atoms with Crippen molar-refractivity contribution in [1.82, 2.24) is 10.9 Å². The number of nitrogens with zero attached hydrogens (tertiary/aromatic N) is 1. The molecule has 9 heteroatoms. The highest BCUT2D eigenvalue weighted by atomic mass is 35.5. The third kappa shape index (κ3) is 6.00. The van der Waals surface area contributed by atoms with Gasteiger partial charge in [0, 0.05) is 10.7 Å². The molecule has 132 valence electrons. The molecular formula is C16H14ClF3N4O. The largest absolute Gasteiger partial charge is 0.450 e. The molecule has 2 aromatic carbocycles. The molecular weight excluding hydrogens is 357 g/mol.